The molecule has 182 valence electrons. The van der Waals surface area contributed by atoms with Crippen molar-refractivity contribution < 1.29 is 4.74 Å². The molecule has 0 aliphatic heterocycles. The maximum Gasteiger partial charge on any atom is 0.349 e. The number of H-pyrrole nitrogens is 1. The molecule has 9 nitrogen and oxygen atoms in total. The molecule has 5 aromatic rings. The van der Waals surface area contributed by atoms with Gasteiger partial charge in [-0.1, -0.05) is 23.2 Å². The fourth-order valence-corrected chi connectivity index (χ4v) is 4.42. The minimum Gasteiger partial charge on any atom is -0.454 e. The van der Waals surface area contributed by atoms with Gasteiger partial charge in [-0.2, -0.15) is 9.94 Å². The van der Waals surface area contributed by atoms with Crippen molar-refractivity contribution >= 4 is 50.0 Å². The standard InChI is InChI=1S/C25H13BrCl2N6O3/c1-12-6-21(20-4-2-13(26)11-30-20)31-19-5-3-15(9-16(12)19)37-23-17(27)7-14(8-18(23)28)34-25(36)32-24(35)22(10-29)33-34/h2-9,11H,1H3,(H,32,35,36). The first-order chi connectivity index (χ1) is 17.7. The number of pyridine rings is 2. The van der Waals surface area contributed by atoms with E-state index in [1.165, 1.54) is 12.1 Å². The first kappa shape index (κ1) is 24.6. The number of rotatable bonds is 4. The Bertz CT molecular complexity index is 1840. The molecule has 0 unspecified atom stereocenters. The number of aromatic amines is 1. The van der Waals surface area contributed by atoms with Crippen LogP contribution in [0.5, 0.6) is 11.5 Å². The van der Waals surface area contributed by atoms with E-state index >= 15 is 0 Å². The van der Waals surface area contributed by atoms with E-state index < -0.39 is 16.9 Å². The van der Waals surface area contributed by atoms with E-state index in [0.29, 0.717) is 5.75 Å². The molecule has 5 rings (SSSR count). The van der Waals surface area contributed by atoms with Gasteiger partial charge in [0.15, 0.2) is 5.75 Å². The third kappa shape index (κ3) is 4.84. The predicted octanol–water partition coefficient (Wildman–Crippen LogP) is 5.57. The normalized spacial score (nSPS) is 10.9. The number of nitriles is 1. The summed E-state index contributed by atoms with van der Waals surface area (Å²) in [5.41, 5.74) is 1.17. The van der Waals surface area contributed by atoms with Gasteiger partial charge in [0.2, 0.25) is 5.69 Å². The van der Waals surface area contributed by atoms with Crippen LogP contribution in [0.25, 0.3) is 28.0 Å². The van der Waals surface area contributed by atoms with E-state index in [4.69, 9.17) is 38.2 Å². The van der Waals surface area contributed by atoms with E-state index in [-0.39, 0.29) is 21.5 Å². The van der Waals surface area contributed by atoms with Crippen molar-refractivity contribution in [1.29, 1.82) is 5.26 Å². The van der Waals surface area contributed by atoms with Gasteiger partial charge in [-0.25, -0.2) is 9.78 Å². The summed E-state index contributed by atoms with van der Waals surface area (Å²) in [4.78, 5) is 35.0. The van der Waals surface area contributed by atoms with Gasteiger partial charge in [0.25, 0.3) is 5.56 Å². The number of halogens is 3. The van der Waals surface area contributed by atoms with Crippen molar-refractivity contribution in [1.82, 2.24) is 24.7 Å². The van der Waals surface area contributed by atoms with Gasteiger partial charge < -0.3 is 4.74 Å². The van der Waals surface area contributed by atoms with Gasteiger partial charge in [0.1, 0.15) is 11.8 Å². The third-order valence-corrected chi connectivity index (χ3v) is 6.39. The molecule has 3 aromatic heterocycles. The van der Waals surface area contributed by atoms with Crippen LogP contribution >= 0.6 is 39.1 Å². The fourth-order valence-electron chi connectivity index (χ4n) is 3.63. The average Bonchev–Trinajstić information content (AvgIpc) is 2.87. The maximum atomic E-state index is 12.2. The first-order valence-electron chi connectivity index (χ1n) is 10.6. The van der Waals surface area contributed by atoms with Crippen molar-refractivity contribution in [2.24, 2.45) is 0 Å². The molecule has 0 bridgehead atoms. The van der Waals surface area contributed by atoms with E-state index in [1.54, 1.807) is 18.3 Å². The minimum atomic E-state index is -0.887. The molecule has 0 aliphatic rings. The Morgan fingerprint density at radius 3 is 2.49 bits per heavy atom. The van der Waals surface area contributed by atoms with Crippen molar-refractivity contribution in [3.63, 3.8) is 0 Å². The molecule has 37 heavy (non-hydrogen) atoms. The van der Waals surface area contributed by atoms with Gasteiger partial charge in [-0.05, 0) is 76.9 Å². The zero-order valence-corrected chi connectivity index (χ0v) is 21.9. The number of nitrogens with one attached hydrogen (secondary N) is 1. The number of nitrogens with zero attached hydrogens (tertiary/aromatic N) is 5. The Kier molecular flexibility index (Phi) is 6.52. The number of aromatic nitrogens is 5. The number of fused-ring (bicyclic) bond motifs is 1. The second kappa shape index (κ2) is 9.78. The Balaban J connectivity index is 1.49. The molecule has 12 heteroatoms. The monoisotopic (exact) mass is 594 g/mol. The second-order valence-corrected chi connectivity index (χ2v) is 9.57. The summed E-state index contributed by atoms with van der Waals surface area (Å²) >= 11 is 16.2. The van der Waals surface area contributed by atoms with E-state index in [0.717, 1.165) is 37.0 Å². The van der Waals surface area contributed by atoms with Gasteiger partial charge in [0.05, 0.1) is 32.6 Å². The first-order valence-corrected chi connectivity index (χ1v) is 12.1. The van der Waals surface area contributed by atoms with Crippen molar-refractivity contribution in [2.75, 3.05) is 0 Å². The van der Waals surface area contributed by atoms with Crippen LogP contribution in [0.3, 0.4) is 0 Å². The third-order valence-electron chi connectivity index (χ3n) is 5.36. The lowest BCUT2D eigenvalue weighted by molar-refractivity contribution is 0.483. The van der Waals surface area contributed by atoms with Crippen LogP contribution in [0.1, 0.15) is 11.3 Å². The predicted molar refractivity (Wildman–Crippen MR) is 143 cm³/mol. The highest BCUT2D eigenvalue weighted by atomic mass is 79.9. The molecule has 0 aliphatic carbocycles. The Hall–Kier alpha value is -4.04. The summed E-state index contributed by atoms with van der Waals surface area (Å²) < 4.78 is 7.70. The molecule has 0 amide bonds. The van der Waals surface area contributed by atoms with Crippen molar-refractivity contribution in [3.8, 4) is 34.6 Å². The van der Waals surface area contributed by atoms with Crippen LogP contribution in [-0.2, 0) is 0 Å². The Labute approximate surface area is 227 Å². The van der Waals surface area contributed by atoms with Crippen LogP contribution < -0.4 is 16.0 Å². The molecule has 0 fully saturated rings. The highest BCUT2D eigenvalue weighted by molar-refractivity contribution is 9.10. The summed E-state index contributed by atoms with van der Waals surface area (Å²) in [5.74, 6) is 0.625. The lowest BCUT2D eigenvalue weighted by Crippen LogP contribution is -2.33. The summed E-state index contributed by atoms with van der Waals surface area (Å²) in [5, 5.41) is 13.9. The minimum absolute atomic E-state index is 0.0903. The summed E-state index contributed by atoms with van der Waals surface area (Å²) in [6, 6.07) is 15.5. The van der Waals surface area contributed by atoms with Crippen LogP contribution in [0.2, 0.25) is 10.0 Å². The summed E-state index contributed by atoms with van der Waals surface area (Å²) in [6.45, 7) is 1.97. The van der Waals surface area contributed by atoms with E-state index in [1.807, 2.05) is 42.2 Å². The number of benzene rings is 2. The lowest BCUT2D eigenvalue weighted by Gasteiger charge is -2.13. The smallest absolute Gasteiger partial charge is 0.349 e. The lowest BCUT2D eigenvalue weighted by atomic mass is 10.1. The molecule has 0 saturated carbocycles. The SMILES string of the molecule is Cc1cc(-c2ccc(Br)cn2)nc2ccc(Oc3c(Cl)cc(-n4nc(C#N)c(=O)[nH]c4=O)cc3Cl)cc12. The van der Waals surface area contributed by atoms with Gasteiger partial charge in [-0.15, -0.1) is 5.10 Å². The van der Waals surface area contributed by atoms with Crippen LogP contribution in [-0.4, -0.2) is 24.7 Å². The van der Waals surface area contributed by atoms with Crippen LogP contribution in [0.4, 0.5) is 0 Å². The molecule has 2 aromatic carbocycles. The molecular weight excluding hydrogens is 583 g/mol. The number of aryl methyl sites for hydroxylation is 1. The van der Waals surface area contributed by atoms with Gasteiger partial charge >= 0.3 is 5.69 Å². The molecular formula is C25H13BrCl2N6O3. The average molecular weight is 596 g/mol. The highest BCUT2D eigenvalue weighted by Gasteiger charge is 2.16. The molecule has 0 spiro atoms. The zero-order chi connectivity index (χ0) is 26.3. The number of ether oxygens (including phenoxy) is 1. The van der Waals surface area contributed by atoms with Crippen molar-refractivity contribution in [3.05, 3.63) is 101 Å². The Morgan fingerprint density at radius 1 is 1.05 bits per heavy atom. The molecule has 0 radical (unpaired) electrons. The topological polar surface area (TPSA) is 127 Å². The van der Waals surface area contributed by atoms with E-state index in [2.05, 4.69) is 26.0 Å². The van der Waals surface area contributed by atoms with Crippen molar-refractivity contribution in [2.45, 2.75) is 6.92 Å². The summed E-state index contributed by atoms with van der Waals surface area (Å²) in [6.07, 6.45) is 1.72. The maximum absolute atomic E-state index is 12.2. The largest absolute Gasteiger partial charge is 0.454 e. The van der Waals surface area contributed by atoms with Gasteiger partial charge in [-0.3, -0.25) is 14.8 Å². The molecule has 1 N–H and O–H groups in total. The highest BCUT2D eigenvalue weighted by Crippen LogP contribution is 2.39. The van der Waals surface area contributed by atoms with E-state index in [9.17, 15) is 9.59 Å². The summed E-state index contributed by atoms with van der Waals surface area (Å²) in [7, 11) is 0. The second-order valence-electron chi connectivity index (χ2n) is 7.84. The molecule has 3 heterocycles. The number of hydrogen-bond donors (Lipinski definition) is 1. The molecule has 0 saturated heterocycles. The zero-order valence-electron chi connectivity index (χ0n) is 18.8. The van der Waals surface area contributed by atoms with Gasteiger partial charge in [0, 0.05) is 16.1 Å². The van der Waals surface area contributed by atoms with Crippen LogP contribution in [0, 0.1) is 18.3 Å². The number of hydrogen-bond acceptors (Lipinski definition) is 7. The quantitative estimate of drug-likeness (QED) is 0.287. The molecule has 0 atom stereocenters. The Morgan fingerprint density at radius 2 is 1.81 bits per heavy atom. The fraction of sp³-hybridized carbons (Fsp3) is 0.0400. The van der Waals surface area contributed by atoms with Crippen LogP contribution in [0.15, 0.2) is 68.8 Å².